The summed E-state index contributed by atoms with van der Waals surface area (Å²) in [6.07, 6.45) is 24.2. The van der Waals surface area contributed by atoms with Gasteiger partial charge in [0.15, 0.2) is 13.2 Å². The van der Waals surface area contributed by atoms with Crippen molar-refractivity contribution in [2.45, 2.75) is 83.4 Å². The lowest BCUT2D eigenvalue weighted by atomic mass is 10.1. The van der Waals surface area contributed by atoms with Crippen LogP contribution in [0.1, 0.15) is 32.1 Å². The molecule has 5 aromatic rings. The van der Waals surface area contributed by atoms with Crippen LogP contribution in [0.3, 0.4) is 0 Å². The molecule has 0 saturated carbocycles. The molecule has 5 amide bonds. The van der Waals surface area contributed by atoms with Crippen molar-refractivity contribution < 1.29 is 154 Å². The van der Waals surface area contributed by atoms with Crippen LogP contribution in [0.4, 0.5) is 4.79 Å². The van der Waals surface area contributed by atoms with Crippen molar-refractivity contribution in [2.75, 3.05) is 115 Å². The van der Waals surface area contributed by atoms with Gasteiger partial charge in [-0.15, -0.1) is 5.06 Å². The van der Waals surface area contributed by atoms with Gasteiger partial charge >= 0.3 is 12.0 Å². The van der Waals surface area contributed by atoms with Crippen LogP contribution in [-0.4, -0.2) is 211 Å². The number of nitrogens with zero attached hydrogens (tertiary/aromatic N) is 11. The molecule has 9 heterocycles. The van der Waals surface area contributed by atoms with E-state index in [1.165, 1.54) is 81.9 Å². The Morgan fingerprint density at radius 3 is 1.25 bits per heavy atom. The average molecular weight is 1910 g/mol. The topological polar surface area (TPSA) is 626 Å². The molecule has 12 unspecified atom stereocenters. The number of aromatic nitrogens is 10. The number of carbonyl (C=O) groups is 6. The van der Waals surface area contributed by atoms with Gasteiger partial charge in [-0.3, -0.25) is 46.6 Å². The molecule has 664 valence electrons. The SMILES string of the molecule is COP(=O)([O-])OC1CSSCC1COP(=O)([O-])OCCCN.COP(=O)([O-])OC1CSSCC1COP(=O)([O-])OCCCNC(=O)Cn1cc[n+](C)c1.COP(=O)([O-])OC1CSSCC1COP(=O)([O-])OCCCNC(=O)NCn1cc[n+](C)c1.NCn1ccnc1.O=C(Cl)Cn1ccnc1.O=C(Cn1ccnc1)ON1C(=O)CCC1=O. The van der Waals surface area contributed by atoms with Gasteiger partial charge in [0.25, 0.3) is 64.7 Å². The highest BCUT2D eigenvalue weighted by Gasteiger charge is 2.36. The smallest absolute Gasteiger partial charge is 0.352 e. The van der Waals surface area contributed by atoms with Gasteiger partial charge in [0, 0.05) is 137 Å². The fourth-order valence-electron chi connectivity index (χ4n) is 8.66. The van der Waals surface area contributed by atoms with Gasteiger partial charge in [-0.25, -0.2) is 42.8 Å². The number of hydrogen-bond acceptors (Lipinski definition) is 42. The third-order valence-corrected chi connectivity index (χ3v) is 28.1. The number of aryl methyl sites for hydroxylation is 2. The first-order chi connectivity index (χ1) is 55.4. The van der Waals surface area contributed by atoms with Crippen molar-refractivity contribution in [1.82, 2.24) is 58.8 Å². The summed E-state index contributed by atoms with van der Waals surface area (Å²) in [6.45, 7) is 0.679. The van der Waals surface area contributed by atoms with E-state index in [1.807, 2.05) is 41.8 Å². The Labute approximate surface area is 701 Å². The largest absolute Gasteiger partial charge is 0.756 e. The zero-order valence-electron chi connectivity index (χ0n) is 63.5. The van der Waals surface area contributed by atoms with Gasteiger partial charge in [-0.1, -0.05) is 64.8 Å². The number of urea groups is 1. The molecule has 117 heavy (non-hydrogen) atoms. The van der Waals surface area contributed by atoms with E-state index >= 15 is 0 Å². The van der Waals surface area contributed by atoms with Gasteiger partial charge in [-0.05, 0) is 37.4 Å². The number of rotatable bonds is 42. The molecule has 4 aliphatic rings. The molecule has 9 rings (SSSR count). The molecular weight excluding hydrogens is 1820 g/mol. The highest BCUT2D eigenvalue weighted by molar-refractivity contribution is 8.77. The normalized spacial score (nSPS) is 21.0. The van der Waals surface area contributed by atoms with E-state index in [-0.39, 0.29) is 109 Å². The third kappa shape index (κ3) is 46.9. The molecule has 0 radical (unpaired) electrons. The van der Waals surface area contributed by atoms with Gasteiger partial charge in [0.2, 0.25) is 17.9 Å². The summed E-state index contributed by atoms with van der Waals surface area (Å²) in [6, 6.07) is -0.395. The predicted molar refractivity (Wildman–Crippen MR) is 415 cm³/mol. The van der Waals surface area contributed by atoms with Crippen molar-refractivity contribution in [3.05, 3.63) is 93.6 Å². The number of halogens is 1. The molecule has 12 atom stereocenters. The second-order valence-corrected chi connectivity index (χ2v) is 40.5. The molecule has 4 saturated heterocycles. The van der Waals surface area contributed by atoms with Crippen LogP contribution < -0.4 is 65.9 Å². The summed E-state index contributed by atoms with van der Waals surface area (Å²) in [5.74, 6) is -0.755. The molecule has 0 bridgehead atoms. The van der Waals surface area contributed by atoms with E-state index < -0.39 is 107 Å². The molecule has 47 nitrogen and oxygen atoms in total. The quantitative estimate of drug-likeness (QED) is 0.00863. The number of phosphoric ester groups is 6. The minimum absolute atomic E-state index is 0.0497. The summed E-state index contributed by atoms with van der Waals surface area (Å²) >= 11 is 5.08. The van der Waals surface area contributed by atoms with E-state index in [0.717, 1.165) is 21.3 Å². The summed E-state index contributed by atoms with van der Waals surface area (Å²) < 4.78 is 138. The van der Waals surface area contributed by atoms with E-state index in [4.69, 9.17) is 59.3 Å². The summed E-state index contributed by atoms with van der Waals surface area (Å²) in [5, 5.41) is 8.06. The number of amides is 5. The average Bonchev–Trinajstić information content (AvgIpc) is 1.79. The number of nitrogens with two attached hydrogens (primary N) is 2. The van der Waals surface area contributed by atoms with Crippen LogP contribution in [0.2, 0.25) is 0 Å². The highest BCUT2D eigenvalue weighted by atomic mass is 35.5. The van der Waals surface area contributed by atoms with E-state index in [1.54, 1.807) is 80.8 Å². The Kier molecular flexibility index (Phi) is 50.5. The lowest BCUT2D eigenvalue weighted by molar-refractivity contribution is -0.671. The molecule has 5 aromatic heterocycles. The van der Waals surface area contributed by atoms with Crippen molar-refractivity contribution in [1.29, 1.82) is 0 Å². The van der Waals surface area contributed by atoms with Crippen molar-refractivity contribution >= 4 is 158 Å². The van der Waals surface area contributed by atoms with E-state index in [2.05, 4.69) is 53.8 Å². The molecule has 60 heteroatoms. The van der Waals surface area contributed by atoms with Crippen LogP contribution >= 0.6 is 123 Å². The first-order valence-electron chi connectivity index (χ1n) is 34.4. The van der Waals surface area contributed by atoms with Crippen molar-refractivity contribution in [2.24, 2.45) is 43.3 Å². The second kappa shape index (κ2) is 56.0. The zero-order chi connectivity index (χ0) is 86.5. The Bertz CT molecular complexity index is 4040. The Balaban J connectivity index is 0.000000314. The van der Waals surface area contributed by atoms with Gasteiger partial charge in [0.1, 0.15) is 31.3 Å². The number of phosphoric acid groups is 6. The van der Waals surface area contributed by atoms with Gasteiger partial charge in [-0.2, -0.15) is 0 Å². The standard InChI is InChI=1S/C15H28N4O9P2S2.C15H27N3O9P2S2.C9H9N3O4.C9H21NO8P2S2.C5H5ClN2O.C4H7N3/c1-18-5-6-19(12-18)11-17-15(20)16-4-3-7-26-30(23,24)27-8-13-9-31-32-10-14(13)28-29(21,22)25-2;1-17-5-6-18(12-17)8-15(19)16-4-3-7-25-29(22,23)26-9-13-10-30-31-11-14(13)27-28(20,21)24-2;13-7-1-2-8(14)12(7)16-9(15)5-11-4-3-10-6-11;1-15-19(11,12)18-9-7-22-21-6-8(9)5-17-20(13,14)16-4-2-3-10;6-5(9)3-8-2-1-7-4-8;5-3-7-2-1-6-4-7/h5-6,12-14H,3-4,7-11H2,1-2H3,(H3-,16,17,20,21,22,23,24);5-6,12-14H,3-4,7-11H2,1-2H3,(H2-,16,19,20,21,22,23);3-4,6H,1-2,5H2;8-9H,2-7,10H2,1H3,(H,11,12)(H,13,14);1-2,4H,3H2;1-2,4H,3,5H2/p-4. The first-order valence-corrected chi connectivity index (χ1v) is 51.0. The monoisotopic (exact) mass is 1910 g/mol. The minimum atomic E-state index is -4.59. The molecule has 4 fully saturated rings. The number of imide groups is 1. The summed E-state index contributed by atoms with van der Waals surface area (Å²) in [7, 11) is -11.5. The fraction of sp³-hybridized carbons (Fsp3) is 0.632. The molecule has 0 aromatic carbocycles. The predicted octanol–water partition coefficient (Wildman–Crippen LogP) is 0.0900. The first kappa shape index (κ1) is 105. The molecule has 0 spiro atoms. The lowest BCUT2D eigenvalue weighted by Crippen LogP contribution is -2.37. The number of carbonyl (C=O) groups excluding carboxylic acids is 6. The Morgan fingerprint density at radius 2 is 0.889 bits per heavy atom. The third-order valence-electron chi connectivity index (χ3n) is 14.6. The van der Waals surface area contributed by atoms with Crippen molar-refractivity contribution in [3.8, 4) is 0 Å². The maximum atomic E-state index is 12.0. The van der Waals surface area contributed by atoms with Crippen LogP contribution in [0.25, 0.3) is 0 Å². The van der Waals surface area contributed by atoms with Crippen LogP contribution in [0.5, 0.6) is 0 Å². The second-order valence-electron chi connectivity index (χ2n) is 23.8. The van der Waals surface area contributed by atoms with Crippen LogP contribution in [-0.2, 0) is 158 Å². The number of imidazole rings is 5. The maximum Gasteiger partial charge on any atom is 0.352 e. The molecule has 7 N–H and O–H groups in total. The molecular formula is C57H93ClN16O31P6S6-4. The fourth-order valence-corrected chi connectivity index (χ4v) is 21.5. The van der Waals surface area contributed by atoms with Gasteiger partial charge in [0.05, 0.1) is 104 Å². The number of hydrogen-bond donors (Lipinski definition) is 5. The zero-order valence-corrected chi connectivity index (χ0v) is 74.6. The lowest BCUT2D eigenvalue weighted by Gasteiger charge is -2.35. The highest BCUT2D eigenvalue weighted by Crippen LogP contribution is 2.50. The van der Waals surface area contributed by atoms with Crippen LogP contribution in [0, 0.1) is 17.8 Å². The van der Waals surface area contributed by atoms with Crippen molar-refractivity contribution in [3.63, 3.8) is 0 Å². The summed E-state index contributed by atoms with van der Waals surface area (Å²) in [4.78, 5) is 153. The Morgan fingerprint density at radius 1 is 0.504 bits per heavy atom. The Hall–Kier alpha value is -3.96. The molecule has 0 aliphatic carbocycles. The molecule has 4 aliphatic heterocycles. The van der Waals surface area contributed by atoms with Gasteiger partial charge < -0.3 is 130 Å². The van der Waals surface area contributed by atoms with E-state index in [0.29, 0.717) is 65.9 Å². The minimum Gasteiger partial charge on any atom is -0.756 e. The van der Waals surface area contributed by atoms with Crippen LogP contribution in [0.15, 0.2) is 93.6 Å². The van der Waals surface area contributed by atoms with E-state index in [9.17, 15) is 85.5 Å². The summed E-state index contributed by atoms with van der Waals surface area (Å²) in [5.41, 5.74) is 10.5. The number of nitrogens with one attached hydrogen (secondary N) is 3. The number of hydroxylamine groups is 2. The maximum absolute atomic E-state index is 12.0.